The third kappa shape index (κ3) is 6.02. The summed E-state index contributed by atoms with van der Waals surface area (Å²) in [6.45, 7) is 3.05. The molecule has 0 radical (unpaired) electrons. The Bertz CT molecular complexity index is 1150. The minimum atomic E-state index is 0.00888. The average Bonchev–Trinajstić information content (AvgIpc) is 3.15. The lowest BCUT2D eigenvalue weighted by Crippen LogP contribution is -2.34. The van der Waals surface area contributed by atoms with Crippen molar-refractivity contribution in [3.8, 4) is 11.4 Å². The van der Waals surface area contributed by atoms with Crippen molar-refractivity contribution in [2.45, 2.75) is 32.5 Å². The van der Waals surface area contributed by atoms with E-state index in [0.29, 0.717) is 18.3 Å². The number of aliphatic hydroxyl groups excluding tert-OH is 1. The number of aryl methyl sites for hydroxylation is 1. The summed E-state index contributed by atoms with van der Waals surface area (Å²) in [4.78, 5) is 0. The Kier molecular flexibility index (Phi) is 7.79. The molecule has 0 aliphatic heterocycles. The highest BCUT2D eigenvalue weighted by atomic mass is 35.5. The van der Waals surface area contributed by atoms with E-state index in [-0.39, 0.29) is 12.6 Å². The van der Waals surface area contributed by atoms with Crippen LogP contribution < -0.4 is 10.1 Å². The van der Waals surface area contributed by atoms with E-state index in [1.807, 2.05) is 79.7 Å². The van der Waals surface area contributed by atoms with Crippen LogP contribution in [-0.2, 0) is 19.6 Å². The number of rotatable bonds is 10. The van der Waals surface area contributed by atoms with Gasteiger partial charge in [0.25, 0.3) is 0 Å². The number of aromatic nitrogens is 2. The van der Waals surface area contributed by atoms with Gasteiger partial charge in [0.15, 0.2) is 0 Å². The van der Waals surface area contributed by atoms with Crippen molar-refractivity contribution in [1.82, 2.24) is 15.1 Å². The van der Waals surface area contributed by atoms with Crippen molar-refractivity contribution < 1.29 is 9.84 Å². The van der Waals surface area contributed by atoms with Gasteiger partial charge in [0.2, 0.25) is 0 Å². The number of hydrogen-bond donors (Lipinski definition) is 2. The van der Waals surface area contributed by atoms with Crippen LogP contribution in [0.3, 0.4) is 0 Å². The lowest BCUT2D eigenvalue weighted by atomic mass is 10.1. The van der Waals surface area contributed by atoms with E-state index in [9.17, 15) is 5.11 Å². The van der Waals surface area contributed by atoms with Crippen molar-refractivity contribution in [2.24, 2.45) is 0 Å². The van der Waals surface area contributed by atoms with Gasteiger partial charge in [-0.05, 0) is 48.7 Å². The molecule has 6 heteroatoms. The van der Waals surface area contributed by atoms with Crippen LogP contribution in [0.2, 0.25) is 5.15 Å². The molecule has 0 spiro atoms. The van der Waals surface area contributed by atoms with E-state index >= 15 is 0 Å². The van der Waals surface area contributed by atoms with E-state index < -0.39 is 0 Å². The molecule has 0 saturated heterocycles. The molecule has 0 aliphatic carbocycles. The first-order chi connectivity index (χ1) is 16.1. The Morgan fingerprint density at radius 3 is 2.27 bits per heavy atom. The highest BCUT2D eigenvalue weighted by molar-refractivity contribution is 6.30. The molecule has 1 atom stereocenters. The van der Waals surface area contributed by atoms with E-state index in [4.69, 9.17) is 16.3 Å². The fourth-order valence-corrected chi connectivity index (χ4v) is 3.98. The largest absolute Gasteiger partial charge is 0.489 e. The molecule has 4 rings (SSSR count). The molecule has 0 bridgehead atoms. The van der Waals surface area contributed by atoms with E-state index in [1.54, 1.807) is 4.68 Å². The third-order valence-electron chi connectivity index (χ3n) is 5.57. The van der Waals surface area contributed by atoms with Gasteiger partial charge in [-0.25, -0.2) is 4.68 Å². The number of halogens is 1. The maximum atomic E-state index is 9.71. The Morgan fingerprint density at radius 2 is 1.61 bits per heavy atom. The van der Waals surface area contributed by atoms with Crippen molar-refractivity contribution in [3.63, 3.8) is 0 Å². The first-order valence-electron chi connectivity index (χ1n) is 11.0. The number of nitrogens with one attached hydrogen (secondary N) is 1. The normalized spacial score (nSPS) is 12.0. The highest BCUT2D eigenvalue weighted by Crippen LogP contribution is 2.25. The number of aliphatic hydroxyl groups is 1. The van der Waals surface area contributed by atoms with Crippen molar-refractivity contribution in [1.29, 1.82) is 0 Å². The van der Waals surface area contributed by atoms with Gasteiger partial charge in [-0.2, -0.15) is 5.10 Å². The standard InChI is InChI=1S/C27H28ClN3O2/c1-20-26(27(28)31(30-20)24-10-6-3-7-11-24)19-33-25-14-12-22(13-15-25)17-29-23(18-32)16-21-8-4-2-5-9-21/h2-15,23,29,32H,16-19H2,1H3/t23-/m1/s1. The summed E-state index contributed by atoms with van der Waals surface area (Å²) in [5.74, 6) is 0.768. The van der Waals surface area contributed by atoms with E-state index in [1.165, 1.54) is 5.56 Å². The molecule has 1 aromatic heterocycles. The molecule has 3 aromatic carbocycles. The number of benzene rings is 3. The second kappa shape index (κ2) is 11.1. The SMILES string of the molecule is Cc1nn(-c2ccccc2)c(Cl)c1COc1ccc(CN[C@@H](CO)Cc2ccccc2)cc1. The Labute approximate surface area is 199 Å². The lowest BCUT2D eigenvalue weighted by Gasteiger charge is -2.16. The van der Waals surface area contributed by atoms with Crippen molar-refractivity contribution in [3.05, 3.63) is 112 Å². The number of para-hydroxylation sites is 1. The van der Waals surface area contributed by atoms with E-state index in [2.05, 4.69) is 22.5 Å². The number of ether oxygens (including phenoxy) is 1. The number of hydrogen-bond acceptors (Lipinski definition) is 4. The predicted molar refractivity (Wildman–Crippen MR) is 132 cm³/mol. The minimum Gasteiger partial charge on any atom is -0.489 e. The quantitative estimate of drug-likeness (QED) is 0.344. The Balaban J connectivity index is 1.32. The first-order valence-corrected chi connectivity index (χ1v) is 11.4. The van der Waals surface area contributed by atoms with Gasteiger partial charge in [0, 0.05) is 18.2 Å². The van der Waals surface area contributed by atoms with Gasteiger partial charge < -0.3 is 15.2 Å². The summed E-state index contributed by atoms with van der Waals surface area (Å²) in [5, 5.41) is 18.3. The third-order valence-corrected chi connectivity index (χ3v) is 5.96. The second-order valence-corrected chi connectivity index (χ2v) is 8.34. The maximum Gasteiger partial charge on any atom is 0.139 e. The summed E-state index contributed by atoms with van der Waals surface area (Å²) in [6.07, 6.45) is 0.787. The minimum absolute atomic E-state index is 0.00888. The maximum absolute atomic E-state index is 9.71. The summed E-state index contributed by atoms with van der Waals surface area (Å²) >= 11 is 6.59. The monoisotopic (exact) mass is 461 g/mol. The molecular weight excluding hydrogens is 434 g/mol. The van der Waals surface area contributed by atoms with Gasteiger partial charge in [0.05, 0.1) is 18.0 Å². The average molecular weight is 462 g/mol. The molecule has 2 N–H and O–H groups in total. The zero-order valence-electron chi connectivity index (χ0n) is 18.6. The molecule has 0 aliphatic rings. The molecule has 0 unspecified atom stereocenters. The zero-order chi connectivity index (χ0) is 23.0. The molecule has 33 heavy (non-hydrogen) atoms. The number of nitrogens with zero attached hydrogens (tertiary/aromatic N) is 2. The van der Waals surface area contributed by atoms with Gasteiger partial charge in [-0.3, -0.25) is 0 Å². The Hall–Kier alpha value is -3.12. The first kappa shape index (κ1) is 23.1. The van der Waals surface area contributed by atoms with Crippen LogP contribution in [0.5, 0.6) is 5.75 Å². The van der Waals surface area contributed by atoms with Gasteiger partial charge in [-0.15, -0.1) is 0 Å². The molecule has 0 fully saturated rings. The zero-order valence-corrected chi connectivity index (χ0v) is 19.4. The fraction of sp³-hybridized carbons (Fsp3) is 0.222. The van der Waals surface area contributed by atoms with Crippen LogP contribution in [0.15, 0.2) is 84.9 Å². The molecule has 5 nitrogen and oxygen atoms in total. The summed E-state index contributed by atoms with van der Waals surface area (Å²) < 4.78 is 7.72. The Morgan fingerprint density at radius 1 is 0.939 bits per heavy atom. The molecule has 170 valence electrons. The summed E-state index contributed by atoms with van der Waals surface area (Å²) in [6, 6.07) is 28.0. The van der Waals surface area contributed by atoms with Crippen LogP contribution in [0.1, 0.15) is 22.4 Å². The highest BCUT2D eigenvalue weighted by Gasteiger charge is 2.15. The predicted octanol–water partition coefficient (Wildman–Crippen LogP) is 5.11. The fourth-order valence-electron chi connectivity index (χ4n) is 3.66. The molecular formula is C27H28ClN3O2. The molecule has 4 aromatic rings. The van der Waals surface area contributed by atoms with Crippen LogP contribution in [-0.4, -0.2) is 27.5 Å². The second-order valence-electron chi connectivity index (χ2n) is 7.98. The van der Waals surface area contributed by atoms with Crippen LogP contribution in [0.4, 0.5) is 0 Å². The van der Waals surface area contributed by atoms with Gasteiger partial charge in [-0.1, -0.05) is 72.3 Å². The molecule has 0 saturated carbocycles. The van der Waals surface area contributed by atoms with Gasteiger partial charge >= 0.3 is 0 Å². The lowest BCUT2D eigenvalue weighted by molar-refractivity contribution is 0.241. The molecule has 0 amide bonds. The summed E-state index contributed by atoms with van der Waals surface area (Å²) in [7, 11) is 0. The topological polar surface area (TPSA) is 59.3 Å². The van der Waals surface area contributed by atoms with Crippen LogP contribution >= 0.6 is 11.6 Å². The van der Waals surface area contributed by atoms with Gasteiger partial charge in [0.1, 0.15) is 17.5 Å². The van der Waals surface area contributed by atoms with Crippen LogP contribution in [0.25, 0.3) is 5.69 Å². The molecule has 1 heterocycles. The van der Waals surface area contributed by atoms with Crippen molar-refractivity contribution >= 4 is 11.6 Å². The van der Waals surface area contributed by atoms with Crippen molar-refractivity contribution in [2.75, 3.05) is 6.61 Å². The smallest absolute Gasteiger partial charge is 0.139 e. The summed E-state index contributed by atoms with van der Waals surface area (Å²) in [5.41, 5.74) is 4.97. The van der Waals surface area contributed by atoms with Crippen LogP contribution in [0, 0.1) is 6.92 Å². The van der Waals surface area contributed by atoms with E-state index in [0.717, 1.165) is 34.7 Å².